The molecule has 0 unspecified atom stereocenters. The molecule has 0 amide bonds. The second-order valence-corrected chi connectivity index (χ2v) is 6.55. The first-order chi connectivity index (χ1) is 9.15. The molecular formula is C16H31N3. The van der Waals surface area contributed by atoms with Gasteiger partial charge in [-0.3, -0.25) is 0 Å². The highest BCUT2D eigenvalue weighted by atomic mass is 15.2. The first-order valence-electron chi connectivity index (χ1n) is 8.02. The van der Waals surface area contributed by atoms with Crippen LogP contribution in [0.1, 0.15) is 52.4 Å². The number of nitrogens with zero attached hydrogens (tertiary/aromatic N) is 1. The molecular weight excluding hydrogens is 234 g/mol. The maximum absolute atomic E-state index is 6.06. The highest BCUT2D eigenvalue weighted by Gasteiger charge is 2.33. The quantitative estimate of drug-likeness (QED) is 0.724. The molecule has 0 aromatic heterocycles. The summed E-state index contributed by atoms with van der Waals surface area (Å²) >= 11 is 0. The molecule has 0 aromatic rings. The molecule has 3 heteroatoms. The van der Waals surface area contributed by atoms with Gasteiger partial charge in [0, 0.05) is 31.2 Å². The number of rotatable bonds is 6. The Kier molecular flexibility index (Phi) is 5.43. The average molecular weight is 265 g/mol. The summed E-state index contributed by atoms with van der Waals surface area (Å²) in [5.74, 6) is 0. The van der Waals surface area contributed by atoms with E-state index in [2.05, 4.69) is 30.1 Å². The van der Waals surface area contributed by atoms with Crippen LogP contribution in [0.5, 0.6) is 0 Å². The Morgan fingerprint density at radius 2 is 2.11 bits per heavy atom. The molecule has 2 rings (SSSR count). The first kappa shape index (κ1) is 15.0. The van der Waals surface area contributed by atoms with E-state index in [4.69, 9.17) is 5.73 Å². The van der Waals surface area contributed by atoms with Gasteiger partial charge in [-0.2, -0.15) is 0 Å². The first-order valence-corrected chi connectivity index (χ1v) is 8.02. The topological polar surface area (TPSA) is 41.3 Å². The van der Waals surface area contributed by atoms with Gasteiger partial charge in [0.05, 0.1) is 0 Å². The Hall–Kier alpha value is -0.380. The molecule has 0 spiro atoms. The van der Waals surface area contributed by atoms with Crippen LogP contribution in [0.3, 0.4) is 0 Å². The molecule has 1 fully saturated rings. The zero-order valence-corrected chi connectivity index (χ0v) is 12.8. The number of piperidine rings is 1. The Balaban J connectivity index is 1.76. The van der Waals surface area contributed by atoms with Gasteiger partial charge in [-0.05, 0) is 58.9 Å². The van der Waals surface area contributed by atoms with Crippen LogP contribution in [0.15, 0.2) is 11.6 Å². The number of nitrogens with one attached hydrogen (secondary N) is 1. The molecule has 0 bridgehead atoms. The Bertz CT molecular complexity index is 301. The van der Waals surface area contributed by atoms with Crippen LogP contribution >= 0.6 is 0 Å². The van der Waals surface area contributed by atoms with E-state index in [0.29, 0.717) is 6.04 Å². The van der Waals surface area contributed by atoms with E-state index < -0.39 is 0 Å². The predicted octanol–water partition coefficient (Wildman–Crippen LogP) is 2.28. The van der Waals surface area contributed by atoms with Crippen molar-refractivity contribution in [1.82, 2.24) is 10.2 Å². The van der Waals surface area contributed by atoms with Crippen LogP contribution in [0.25, 0.3) is 0 Å². The van der Waals surface area contributed by atoms with Gasteiger partial charge >= 0.3 is 0 Å². The molecule has 1 aliphatic heterocycles. The molecule has 19 heavy (non-hydrogen) atoms. The molecule has 0 aromatic carbocycles. The summed E-state index contributed by atoms with van der Waals surface area (Å²) in [5, 5.41) is 3.78. The molecule has 3 nitrogen and oxygen atoms in total. The second kappa shape index (κ2) is 6.87. The third-order valence-electron chi connectivity index (χ3n) is 4.96. The van der Waals surface area contributed by atoms with Crippen molar-refractivity contribution >= 4 is 0 Å². The van der Waals surface area contributed by atoms with Crippen molar-refractivity contribution in [2.45, 2.75) is 64.0 Å². The van der Waals surface area contributed by atoms with Gasteiger partial charge in [-0.25, -0.2) is 0 Å². The highest BCUT2D eigenvalue weighted by Crippen LogP contribution is 2.24. The van der Waals surface area contributed by atoms with Crippen molar-refractivity contribution in [1.29, 1.82) is 0 Å². The standard InChI is InChI=1S/C16H31N3/c1-14(2)19-11-8-16(13-17,9-12-19)18-10-7-15-5-3-4-6-15/h5,14,18H,3-4,6-13,17H2,1-2H3. The fraction of sp³-hybridized carbons (Fsp3) is 0.875. The largest absolute Gasteiger partial charge is 0.329 e. The van der Waals surface area contributed by atoms with Gasteiger partial charge in [0.15, 0.2) is 0 Å². The van der Waals surface area contributed by atoms with Crippen molar-refractivity contribution in [3.05, 3.63) is 11.6 Å². The van der Waals surface area contributed by atoms with Crippen LogP contribution in [0, 0.1) is 0 Å². The summed E-state index contributed by atoms with van der Waals surface area (Å²) in [6, 6.07) is 0.666. The van der Waals surface area contributed by atoms with Crippen molar-refractivity contribution in [3.63, 3.8) is 0 Å². The number of nitrogens with two attached hydrogens (primary N) is 1. The van der Waals surface area contributed by atoms with Crippen LogP contribution < -0.4 is 11.1 Å². The van der Waals surface area contributed by atoms with E-state index in [1.807, 2.05) is 0 Å². The third kappa shape index (κ3) is 4.04. The normalized spacial score (nSPS) is 23.9. The molecule has 2 aliphatic rings. The van der Waals surface area contributed by atoms with Crippen molar-refractivity contribution in [3.8, 4) is 0 Å². The predicted molar refractivity (Wildman–Crippen MR) is 82.3 cm³/mol. The lowest BCUT2D eigenvalue weighted by molar-refractivity contribution is 0.114. The minimum atomic E-state index is 0.199. The zero-order chi connectivity index (χ0) is 13.7. The number of hydrogen-bond donors (Lipinski definition) is 2. The monoisotopic (exact) mass is 265 g/mol. The summed E-state index contributed by atoms with van der Waals surface area (Å²) in [4.78, 5) is 2.56. The van der Waals surface area contributed by atoms with E-state index in [9.17, 15) is 0 Å². The lowest BCUT2D eigenvalue weighted by Gasteiger charge is -2.43. The van der Waals surface area contributed by atoms with Crippen molar-refractivity contribution in [2.24, 2.45) is 5.73 Å². The summed E-state index contributed by atoms with van der Waals surface area (Å²) in [6.07, 6.45) is 10.0. The fourth-order valence-electron chi connectivity index (χ4n) is 3.37. The van der Waals surface area contributed by atoms with E-state index in [0.717, 1.165) is 13.1 Å². The molecule has 1 aliphatic carbocycles. The van der Waals surface area contributed by atoms with Gasteiger partial charge in [0.2, 0.25) is 0 Å². The van der Waals surface area contributed by atoms with E-state index >= 15 is 0 Å². The van der Waals surface area contributed by atoms with Gasteiger partial charge in [-0.15, -0.1) is 0 Å². The fourth-order valence-corrected chi connectivity index (χ4v) is 3.37. The summed E-state index contributed by atoms with van der Waals surface area (Å²) in [5.41, 5.74) is 7.91. The maximum Gasteiger partial charge on any atom is 0.0328 e. The lowest BCUT2D eigenvalue weighted by atomic mass is 9.86. The van der Waals surface area contributed by atoms with Crippen molar-refractivity contribution < 1.29 is 0 Å². The Morgan fingerprint density at radius 3 is 2.63 bits per heavy atom. The summed E-state index contributed by atoms with van der Waals surface area (Å²) < 4.78 is 0. The number of likely N-dealkylation sites (tertiary alicyclic amines) is 1. The van der Waals surface area contributed by atoms with Gasteiger partial charge < -0.3 is 16.0 Å². The van der Waals surface area contributed by atoms with Gasteiger partial charge in [0.25, 0.3) is 0 Å². The van der Waals surface area contributed by atoms with Gasteiger partial charge in [0.1, 0.15) is 0 Å². The van der Waals surface area contributed by atoms with E-state index in [1.54, 1.807) is 5.57 Å². The molecule has 0 radical (unpaired) electrons. The van der Waals surface area contributed by atoms with E-state index in [1.165, 1.54) is 51.6 Å². The smallest absolute Gasteiger partial charge is 0.0328 e. The van der Waals surface area contributed by atoms with Crippen molar-refractivity contribution in [2.75, 3.05) is 26.2 Å². The zero-order valence-electron chi connectivity index (χ0n) is 12.8. The maximum atomic E-state index is 6.06. The Morgan fingerprint density at radius 1 is 1.37 bits per heavy atom. The molecule has 3 N–H and O–H groups in total. The molecule has 1 heterocycles. The van der Waals surface area contributed by atoms with Gasteiger partial charge in [-0.1, -0.05) is 11.6 Å². The number of hydrogen-bond acceptors (Lipinski definition) is 3. The van der Waals surface area contributed by atoms with E-state index in [-0.39, 0.29) is 5.54 Å². The molecule has 110 valence electrons. The summed E-state index contributed by atoms with van der Waals surface area (Å²) in [6.45, 7) is 8.82. The second-order valence-electron chi connectivity index (χ2n) is 6.55. The average Bonchev–Trinajstić information content (AvgIpc) is 2.92. The number of allylic oxidation sites excluding steroid dienone is 1. The Labute approximate surface area is 118 Å². The van der Waals surface area contributed by atoms with Crippen LogP contribution in [-0.2, 0) is 0 Å². The third-order valence-corrected chi connectivity index (χ3v) is 4.96. The highest BCUT2D eigenvalue weighted by molar-refractivity contribution is 5.08. The molecule has 0 atom stereocenters. The molecule has 1 saturated heterocycles. The summed E-state index contributed by atoms with van der Waals surface area (Å²) in [7, 11) is 0. The minimum Gasteiger partial charge on any atom is -0.329 e. The SMILES string of the molecule is CC(C)N1CCC(CN)(NCCC2=CCCC2)CC1. The minimum absolute atomic E-state index is 0.199. The van der Waals surface area contributed by atoms with Crippen LogP contribution in [0.4, 0.5) is 0 Å². The lowest BCUT2D eigenvalue weighted by Crippen LogP contribution is -2.58. The molecule has 0 saturated carbocycles. The van der Waals surface area contributed by atoms with Crippen LogP contribution in [0.2, 0.25) is 0 Å². The van der Waals surface area contributed by atoms with Crippen LogP contribution in [-0.4, -0.2) is 42.7 Å².